The molecule has 0 spiro atoms. The molecule has 0 fully saturated rings. The normalized spacial score (nSPS) is 10.5. The second-order valence-electron chi connectivity index (χ2n) is 5.58. The third kappa shape index (κ3) is 3.21. The lowest BCUT2D eigenvalue weighted by Crippen LogP contribution is -1.98. The summed E-state index contributed by atoms with van der Waals surface area (Å²) in [5.41, 5.74) is 9.09. The Hall–Kier alpha value is -3.80. The van der Waals surface area contributed by atoms with Gasteiger partial charge in [-0.2, -0.15) is 4.98 Å². The maximum Gasteiger partial charge on any atom is 0.222 e. The zero-order chi connectivity index (χ0) is 17.8. The van der Waals surface area contributed by atoms with Gasteiger partial charge in [-0.05, 0) is 24.3 Å². The fourth-order valence-electron chi connectivity index (χ4n) is 2.62. The first-order valence-corrected chi connectivity index (χ1v) is 8.12. The van der Waals surface area contributed by atoms with Gasteiger partial charge in [-0.15, -0.1) is 0 Å². The number of nitrogen functional groups attached to an aromatic ring is 1. The number of imidazole rings is 1. The van der Waals surface area contributed by atoms with Crippen molar-refractivity contribution in [3.8, 4) is 5.69 Å². The maximum atomic E-state index is 5.57. The van der Waals surface area contributed by atoms with Crippen molar-refractivity contribution < 1.29 is 0 Å². The lowest BCUT2D eigenvalue weighted by molar-refractivity contribution is 1.06. The number of benzene rings is 2. The van der Waals surface area contributed by atoms with Gasteiger partial charge in [0.15, 0.2) is 5.65 Å². The zero-order valence-electron chi connectivity index (χ0n) is 13.9. The van der Waals surface area contributed by atoms with E-state index in [2.05, 4.69) is 32.1 Å². The summed E-state index contributed by atoms with van der Waals surface area (Å²) in [5, 5.41) is 1.20. The summed E-state index contributed by atoms with van der Waals surface area (Å²) >= 11 is 0. The molecule has 3 aromatic heterocycles. The number of fused-ring (bicyclic) bond motifs is 2. The van der Waals surface area contributed by atoms with Crippen LogP contribution in [0.3, 0.4) is 0 Å². The molecule has 0 radical (unpaired) electrons. The summed E-state index contributed by atoms with van der Waals surface area (Å²) in [6.45, 7) is 0. The number of pyridine rings is 1. The quantitative estimate of drug-likeness (QED) is 0.504. The highest BCUT2D eigenvalue weighted by Gasteiger charge is 2.06. The summed E-state index contributed by atoms with van der Waals surface area (Å²) in [6, 6.07) is 21.9. The lowest BCUT2D eigenvalue weighted by atomic mass is 10.2. The molecule has 26 heavy (non-hydrogen) atoms. The maximum absolute atomic E-state index is 5.57. The van der Waals surface area contributed by atoms with Gasteiger partial charge in [0, 0.05) is 17.3 Å². The molecule has 6 nitrogen and oxygen atoms in total. The largest absolute Gasteiger partial charge is 0.368 e. The SMILES string of the molecule is Nc1ncc2ncn(-c3ccccc3)c2n1.c1ccc2ncccc2c1. The highest BCUT2D eigenvalue weighted by molar-refractivity contribution is 5.77. The van der Waals surface area contributed by atoms with Crippen molar-refractivity contribution in [1.29, 1.82) is 0 Å². The van der Waals surface area contributed by atoms with Gasteiger partial charge in [-0.1, -0.05) is 42.5 Å². The fourth-order valence-corrected chi connectivity index (χ4v) is 2.62. The van der Waals surface area contributed by atoms with Crippen molar-refractivity contribution in [3.63, 3.8) is 0 Å². The highest BCUT2D eigenvalue weighted by Crippen LogP contribution is 2.15. The van der Waals surface area contributed by atoms with E-state index < -0.39 is 0 Å². The lowest BCUT2D eigenvalue weighted by Gasteiger charge is -2.02. The van der Waals surface area contributed by atoms with E-state index in [4.69, 9.17) is 5.73 Å². The van der Waals surface area contributed by atoms with Crippen LogP contribution in [-0.4, -0.2) is 24.5 Å². The van der Waals surface area contributed by atoms with Gasteiger partial charge in [0.25, 0.3) is 0 Å². The summed E-state index contributed by atoms with van der Waals surface area (Å²) in [7, 11) is 0. The van der Waals surface area contributed by atoms with Crippen molar-refractivity contribution in [2.45, 2.75) is 0 Å². The van der Waals surface area contributed by atoms with Crippen LogP contribution >= 0.6 is 0 Å². The van der Waals surface area contributed by atoms with Crippen LogP contribution in [0.4, 0.5) is 5.95 Å². The molecule has 0 saturated heterocycles. The Morgan fingerprint density at radius 3 is 2.35 bits per heavy atom. The number of hydrogen-bond donors (Lipinski definition) is 1. The van der Waals surface area contributed by atoms with Gasteiger partial charge in [-0.25, -0.2) is 9.97 Å². The number of nitrogens with zero attached hydrogens (tertiary/aromatic N) is 5. The molecular formula is C20H16N6. The summed E-state index contributed by atoms with van der Waals surface area (Å²) in [6.07, 6.45) is 5.15. The first-order chi connectivity index (χ1) is 12.8. The molecule has 2 N–H and O–H groups in total. The zero-order valence-corrected chi connectivity index (χ0v) is 13.9. The van der Waals surface area contributed by atoms with E-state index in [1.165, 1.54) is 5.39 Å². The minimum Gasteiger partial charge on any atom is -0.368 e. The molecular weight excluding hydrogens is 324 g/mol. The molecule has 0 aliphatic rings. The molecule has 3 heterocycles. The monoisotopic (exact) mass is 340 g/mol. The van der Waals surface area contributed by atoms with Crippen molar-refractivity contribution in [1.82, 2.24) is 24.5 Å². The Kier molecular flexibility index (Phi) is 4.22. The van der Waals surface area contributed by atoms with E-state index in [1.807, 2.05) is 65.4 Å². The second-order valence-corrected chi connectivity index (χ2v) is 5.58. The van der Waals surface area contributed by atoms with Crippen molar-refractivity contribution in [2.75, 3.05) is 5.73 Å². The van der Waals surface area contributed by atoms with Crippen LogP contribution in [0.1, 0.15) is 0 Å². The van der Waals surface area contributed by atoms with Crippen LogP contribution in [0.25, 0.3) is 27.8 Å². The standard InChI is InChI=1S/C11H9N5.C9H7N/c12-11-13-6-9-10(15-11)16(7-14-9)8-4-2-1-3-5-8;1-2-6-9-8(4-1)5-3-7-10-9/h1-7H,(H2,12,13,15);1-7H. The van der Waals surface area contributed by atoms with Gasteiger partial charge >= 0.3 is 0 Å². The number of hydrogen-bond acceptors (Lipinski definition) is 5. The number of aromatic nitrogens is 5. The molecule has 0 amide bonds. The molecule has 0 unspecified atom stereocenters. The van der Waals surface area contributed by atoms with Crippen molar-refractivity contribution in [3.05, 3.63) is 85.5 Å². The van der Waals surface area contributed by atoms with Crippen LogP contribution in [0.2, 0.25) is 0 Å². The number of para-hydroxylation sites is 2. The van der Waals surface area contributed by atoms with Gasteiger partial charge in [0.05, 0.1) is 11.7 Å². The van der Waals surface area contributed by atoms with Gasteiger partial charge in [0.1, 0.15) is 11.8 Å². The van der Waals surface area contributed by atoms with Crippen molar-refractivity contribution in [2.24, 2.45) is 0 Å². The van der Waals surface area contributed by atoms with Gasteiger partial charge in [-0.3, -0.25) is 9.55 Å². The molecule has 0 bridgehead atoms. The van der Waals surface area contributed by atoms with Crippen LogP contribution in [0.15, 0.2) is 85.5 Å². The first-order valence-electron chi connectivity index (χ1n) is 8.12. The van der Waals surface area contributed by atoms with E-state index in [9.17, 15) is 0 Å². The van der Waals surface area contributed by atoms with Crippen molar-refractivity contribution >= 4 is 28.0 Å². The molecule has 0 aliphatic carbocycles. The molecule has 5 aromatic rings. The van der Waals surface area contributed by atoms with E-state index in [0.29, 0.717) is 0 Å². The van der Waals surface area contributed by atoms with Gasteiger partial charge in [0.2, 0.25) is 5.95 Å². The van der Waals surface area contributed by atoms with E-state index in [-0.39, 0.29) is 5.95 Å². The predicted molar refractivity (Wildman–Crippen MR) is 103 cm³/mol. The van der Waals surface area contributed by atoms with Crippen LogP contribution in [-0.2, 0) is 0 Å². The molecule has 0 atom stereocenters. The molecule has 2 aromatic carbocycles. The third-order valence-corrected chi connectivity index (χ3v) is 3.86. The summed E-state index contributed by atoms with van der Waals surface area (Å²) in [4.78, 5) is 16.5. The number of rotatable bonds is 1. The minimum absolute atomic E-state index is 0.255. The van der Waals surface area contributed by atoms with E-state index in [0.717, 1.165) is 22.4 Å². The van der Waals surface area contributed by atoms with Gasteiger partial charge < -0.3 is 5.73 Å². The minimum atomic E-state index is 0.255. The number of nitrogens with two attached hydrogens (primary N) is 1. The van der Waals surface area contributed by atoms with E-state index >= 15 is 0 Å². The van der Waals surface area contributed by atoms with Crippen LogP contribution in [0.5, 0.6) is 0 Å². The fraction of sp³-hybridized carbons (Fsp3) is 0. The average Bonchev–Trinajstić information content (AvgIpc) is 3.12. The average molecular weight is 340 g/mol. The Balaban J connectivity index is 0.000000144. The highest BCUT2D eigenvalue weighted by atomic mass is 15.1. The summed E-state index contributed by atoms with van der Waals surface area (Å²) in [5.74, 6) is 0.255. The number of anilines is 1. The predicted octanol–water partition coefficient (Wildman–Crippen LogP) is 3.63. The van der Waals surface area contributed by atoms with E-state index in [1.54, 1.807) is 12.5 Å². The Morgan fingerprint density at radius 2 is 1.50 bits per heavy atom. The third-order valence-electron chi connectivity index (χ3n) is 3.86. The topological polar surface area (TPSA) is 82.5 Å². The Morgan fingerprint density at radius 1 is 0.731 bits per heavy atom. The molecule has 6 heteroatoms. The van der Waals surface area contributed by atoms with Crippen LogP contribution < -0.4 is 5.73 Å². The smallest absolute Gasteiger partial charge is 0.222 e. The van der Waals surface area contributed by atoms with Crippen LogP contribution in [0, 0.1) is 0 Å². The molecule has 0 aliphatic heterocycles. The Bertz CT molecular complexity index is 1090. The summed E-state index contributed by atoms with van der Waals surface area (Å²) < 4.78 is 1.88. The molecule has 5 rings (SSSR count). The molecule has 126 valence electrons. The Labute approximate surface area is 150 Å². The second kappa shape index (κ2) is 6.98. The molecule has 0 saturated carbocycles. The first kappa shape index (κ1) is 15.7.